The number of pyridine rings is 1. The lowest BCUT2D eigenvalue weighted by Gasteiger charge is -2.11. The third-order valence-corrected chi connectivity index (χ3v) is 5.43. The third-order valence-electron chi connectivity index (χ3n) is 4.54. The van der Waals surface area contributed by atoms with Crippen LogP contribution in [-0.2, 0) is 4.79 Å². The molecule has 4 aromatic rings. The van der Waals surface area contributed by atoms with Crippen LogP contribution in [0.2, 0.25) is 0 Å². The van der Waals surface area contributed by atoms with Gasteiger partial charge >= 0.3 is 0 Å². The highest BCUT2D eigenvalue weighted by Crippen LogP contribution is 2.29. The van der Waals surface area contributed by atoms with E-state index in [0.29, 0.717) is 28.0 Å². The normalized spacial score (nSPS) is 11.1. The van der Waals surface area contributed by atoms with E-state index in [2.05, 4.69) is 15.7 Å². The molecule has 0 saturated carbocycles. The van der Waals surface area contributed by atoms with Crippen LogP contribution in [0.1, 0.15) is 37.2 Å². The standard InChI is InChI=1S/C22H21N5O2S/c1-13(2)27-21-18(12-23-27)17(11-19(26-21)20-5-4-10-30-20)22(29)25-16-8-6-15(7-9-16)24-14(3)28/h4-13H,1-3H3,(H,24,28)(H,25,29). The van der Waals surface area contributed by atoms with Gasteiger partial charge in [-0.3, -0.25) is 9.59 Å². The zero-order valence-electron chi connectivity index (χ0n) is 16.8. The molecule has 0 fully saturated rings. The molecular weight excluding hydrogens is 398 g/mol. The molecule has 152 valence electrons. The number of benzene rings is 1. The van der Waals surface area contributed by atoms with Crippen molar-refractivity contribution in [1.82, 2.24) is 14.8 Å². The number of hydrogen-bond donors (Lipinski definition) is 2. The van der Waals surface area contributed by atoms with Gasteiger partial charge in [-0.25, -0.2) is 9.67 Å². The molecule has 0 spiro atoms. The molecule has 3 aromatic heterocycles. The van der Waals surface area contributed by atoms with E-state index < -0.39 is 0 Å². The number of rotatable bonds is 5. The van der Waals surface area contributed by atoms with Crippen molar-refractivity contribution < 1.29 is 9.59 Å². The molecule has 0 unspecified atom stereocenters. The lowest BCUT2D eigenvalue weighted by Crippen LogP contribution is -2.13. The summed E-state index contributed by atoms with van der Waals surface area (Å²) in [6.07, 6.45) is 1.69. The van der Waals surface area contributed by atoms with Crippen LogP contribution in [0.5, 0.6) is 0 Å². The fourth-order valence-electron chi connectivity index (χ4n) is 3.17. The summed E-state index contributed by atoms with van der Waals surface area (Å²) in [4.78, 5) is 30.1. The molecule has 0 radical (unpaired) electrons. The van der Waals surface area contributed by atoms with Gasteiger partial charge in [0.15, 0.2) is 5.65 Å². The highest BCUT2D eigenvalue weighted by atomic mass is 32.1. The van der Waals surface area contributed by atoms with E-state index in [9.17, 15) is 9.59 Å². The quantitative estimate of drug-likeness (QED) is 0.479. The summed E-state index contributed by atoms with van der Waals surface area (Å²) in [6.45, 7) is 5.51. The molecule has 4 rings (SSSR count). The summed E-state index contributed by atoms with van der Waals surface area (Å²) < 4.78 is 1.82. The molecule has 0 aliphatic carbocycles. The minimum Gasteiger partial charge on any atom is -0.326 e. The van der Waals surface area contributed by atoms with Gasteiger partial charge in [0.25, 0.3) is 5.91 Å². The Hall–Kier alpha value is -3.52. The van der Waals surface area contributed by atoms with Gasteiger partial charge in [-0.05, 0) is 55.6 Å². The highest BCUT2D eigenvalue weighted by molar-refractivity contribution is 7.13. The van der Waals surface area contributed by atoms with Gasteiger partial charge < -0.3 is 10.6 Å². The first-order chi connectivity index (χ1) is 14.4. The second-order valence-electron chi connectivity index (χ2n) is 7.17. The zero-order valence-corrected chi connectivity index (χ0v) is 17.7. The summed E-state index contributed by atoms with van der Waals surface area (Å²) in [6, 6.07) is 12.9. The molecule has 3 heterocycles. The van der Waals surface area contributed by atoms with Gasteiger partial charge in [-0.1, -0.05) is 6.07 Å². The monoisotopic (exact) mass is 419 g/mol. The molecule has 0 saturated heterocycles. The summed E-state index contributed by atoms with van der Waals surface area (Å²) >= 11 is 1.57. The average Bonchev–Trinajstić information content (AvgIpc) is 3.38. The predicted octanol–water partition coefficient (Wildman–Crippen LogP) is 4.95. The van der Waals surface area contributed by atoms with Crippen LogP contribution >= 0.6 is 11.3 Å². The molecule has 30 heavy (non-hydrogen) atoms. The first kappa shape index (κ1) is 19.8. The Morgan fingerprint density at radius 3 is 2.37 bits per heavy atom. The molecule has 0 atom stereocenters. The third kappa shape index (κ3) is 3.95. The number of anilines is 2. The molecule has 8 heteroatoms. The average molecular weight is 420 g/mol. The molecule has 0 aliphatic heterocycles. The summed E-state index contributed by atoms with van der Waals surface area (Å²) in [5.41, 5.74) is 3.24. The van der Waals surface area contributed by atoms with E-state index in [4.69, 9.17) is 4.98 Å². The number of thiophene rings is 1. The van der Waals surface area contributed by atoms with Gasteiger partial charge in [0.1, 0.15) is 0 Å². The van der Waals surface area contributed by atoms with Crippen molar-refractivity contribution in [3.8, 4) is 10.6 Å². The molecule has 7 nitrogen and oxygen atoms in total. The minimum atomic E-state index is -0.240. The van der Waals surface area contributed by atoms with Crippen LogP contribution < -0.4 is 10.6 Å². The largest absolute Gasteiger partial charge is 0.326 e. The van der Waals surface area contributed by atoms with Gasteiger partial charge in [0.2, 0.25) is 5.91 Å². The number of carbonyl (C=O) groups is 2. The maximum atomic E-state index is 13.1. The van der Waals surface area contributed by atoms with Gasteiger partial charge in [0.05, 0.1) is 27.7 Å². The van der Waals surface area contributed by atoms with Crippen LogP contribution in [0.25, 0.3) is 21.6 Å². The molecule has 0 bridgehead atoms. The van der Waals surface area contributed by atoms with Crippen molar-refractivity contribution in [2.75, 3.05) is 10.6 Å². The molecular formula is C22H21N5O2S. The predicted molar refractivity (Wildman–Crippen MR) is 120 cm³/mol. The lowest BCUT2D eigenvalue weighted by atomic mass is 10.1. The molecule has 2 amide bonds. The van der Waals surface area contributed by atoms with Crippen molar-refractivity contribution in [3.05, 3.63) is 59.6 Å². The smallest absolute Gasteiger partial charge is 0.256 e. The molecule has 1 aromatic carbocycles. The van der Waals surface area contributed by atoms with E-state index in [1.807, 2.05) is 42.1 Å². The number of aromatic nitrogens is 3. The fourth-order valence-corrected chi connectivity index (χ4v) is 3.86. The Balaban J connectivity index is 1.71. The van der Waals surface area contributed by atoms with E-state index in [1.54, 1.807) is 41.8 Å². The first-order valence-electron chi connectivity index (χ1n) is 9.53. The Morgan fingerprint density at radius 1 is 1.07 bits per heavy atom. The maximum Gasteiger partial charge on any atom is 0.256 e. The van der Waals surface area contributed by atoms with E-state index in [1.165, 1.54) is 6.92 Å². The van der Waals surface area contributed by atoms with Crippen LogP contribution in [-0.4, -0.2) is 26.6 Å². The number of amides is 2. The Kier molecular flexibility index (Phi) is 5.33. The number of fused-ring (bicyclic) bond motifs is 1. The second-order valence-corrected chi connectivity index (χ2v) is 8.11. The van der Waals surface area contributed by atoms with E-state index in [-0.39, 0.29) is 17.9 Å². The molecule has 0 aliphatic rings. The number of nitrogens with one attached hydrogen (secondary N) is 2. The van der Waals surface area contributed by atoms with Crippen LogP contribution in [0.15, 0.2) is 54.0 Å². The fraction of sp³-hybridized carbons (Fsp3) is 0.182. The number of hydrogen-bond acceptors (Lipinski definition) is 5. The zero-order chi connectivity index (χ0) is 21.3. The Labute approximate surface area is 177 Å². The summed E-state index contributed by atoms with van der Waals surface area (Å²) in [7, 11) is 0. The van der Waals surface area contributed by atoms with Gasteiger partial charge in [0, 0.05) is 24.3 Å². The second kappa shape index (κ2) is 8.08. The first-order valence-corrected chi connectivity index (χ1v) is 10.4. The number of carbonyl (C=O) groups excluding carboxylic acids is 2. The summed E-state index contributed by atoms with van der Waals surface area (Å²) in [5.74, 6) is -0.384. The van der Waals surface area contributed by atoms with E-state index >= 15 is 0 Å². The van der Waals surface area contributed by atoms with Crippen LogP contribution in [0.3, 0.4) is 0 Å². The maximum absolute atomic E-state index is 13.1. The number of nitrogens with zero attached hydrogens (tertiary/aromatic N) is 3. The van der Waals surface area contributed by atoms with Gasteiger partial charge in [-0.2, -0.15) is 5.10 Å². The van der Waals surface area contributed by atoms with E-state index in [0.717, 1.165) is 10.6 Å². The highest BCUT2D eigenvalue weighted by Gasteiger charge is 2.19. The Bertz CT molecular complexity index is 1210. The van der Waals surface area contributed by atoms with Crippen molar-refractivity contribution >= 4 is 45.6 Å². The van der Waals surface area contributed by atoms with Crippen LogP contribution in [0, 0.1) is 0 Å². The van der Waals surface area contributed by atoms with Crippen molar-refractivity contribution in [2.45, 2.75) is 26.8 Å². The topological polar surface area (TPSA) is 88.9 Å². The lowest BCUT2D eigenvalue weighted by molar-refractivity contribution is -0.114. The van der Waals surface area contributed by atoms with Crippen molar-refractivity contribution in [3.63, 3.8) is 0 Å². The van der Waals surface area contributed by atoms with Crippen molar-refractivity contribution in [2.24, 2.45) is 0 Å². The SMILES string of the molecule is CC(=O)Nc1ccc(NC(=O)c2cc(-c3cccs3)nc3c2cnn3C(C)C)cc1. The van der Waals surface area contributed by atoms with Gasteiger partial charge in [-0.15, -0.1) is 11.3 Å². The van der Waals surface area contributed by atoms with Crippen molar-refractivity contribution in [1.29, 1.82) is 0 Å². The van der Waals surface area contributed by atoms with Crippen LogP contribution in [0.4, 0.5) is 11.4 Å². The molecule has 2 N–H and O–H groups in total. The summed E-state index contributed by atoms with van der Waals surface area (Å²) in [5, 5.41) is 12.8. The minimum absolute atomic E-state index is 0.116. The Morgan fingerprint density at radius 2 is 1.77 bits per heavy atom.